The van der Waals surface area contributed by atoms with Gasteiger partial charge in [-0.05, 0) is 49.8 Å². The lowest BCUT2D eigenvalue weighted by molar-refractivity contribution is -0.138. The molecule has 2 heterocycles. The Morgan fingerprint density at radius 1 is 1.38 bits per heavy atom. The van der Waals surface area contributed by atoms with Crippen LogP contribution in [0.25, 0.3) is 0 Å². The molecule has 2 aliphatic rings. The van der Waals surface area contributed by atoms with Crippen molar-refractivity contribution < 1.29 is 14.3 Å². The van der Waals surface area contributed by atoms with Gasteiger partial charge in [-0.1, -0.05) is 0 Å². The van der Waals surface area contributed by atoms with Gasteiger partial charge in [0.15, 0.2) is 0 Å². The minimum absolute atomic E-state index is 0.210. The second-order valence-corrected chi connectivity index (χ2v) is 6.00. The van der Waals surface area contributed by atoms with E-state index in [2.05, 4.69) is 11.0 Å². The second-order valence-electron chi connectivity index (χ2n) is 6.00. The van der Waals surface area contributed by atoms with Gasteiger partial charge in [0.2, 0.25) is 0 Å². The summed E-state index contributed by atoms with van der Waals surface area (Å²) >= 11 is 0. The number of piperidine rings is 1. The fourth-order valence-electron chi connectivity index (χ4n) is 3.92. The van der Waals surface area contributed by atoms with Crippen molar-refractivity contribution in [2.24, 2.45) is 5.92 Å². The molecule has 0 aliphatic carbocycles. The van der Waals surface area contributed by atoms with Gasteiger partial charge in [-0.3, -0.25) is 4.79 Å². The number of nitrogens with zero attached hydrogens (tertiary/aromatic N) is 2. The average Bonchev–Trinajstić information content (AvgIpc) is 2.69. The van der Waals surface area contributed by atoms with E-state index in [9.17, 15) is 14.4 Å². The highest BCUT2D eigenvalue weighted by atomic mass is 19.1. The Labute approximate surface area is 122 Å². The standard InChI is InChI=1S/C16H17FN2O2/c17-12-1-4-15(11(8-12)9-18)19-13-2-3-14(19)6-10(5-13)7-16(20)21/h1,4,8,10,13-14H,2-3,5-7H2,(H,20,21). The van der Waals surface area contributed by atoms with Crippen LogP contribution in [0.1, 0.15) is 37.7 Å². The first kappa shape index (κ1) is 13.9. The van der Waals surface area contributed by atoms with Crippen LogP contribution >= 0.6 is 0 Å². The molecule has 4 nitrogen and oxygen atoms in total. The van der Waals surface area contributed by atoms with Crippen LogP contribution in [-0.4, -0.2) is 23.2 Å². The van der Waals surface area contributed by atoms with E-state index in [-0.39, 0.29) is 24.4 Å². The number of carbonyl (C=O) groups is 1. The van der Waals surface area contributed by atoms with Crippen molar-refractivity contribution in [2.45, 2.75) is 44.2 Å². The molecule has 2 aliphatic heterocycles. The molecule has 1 N–H and O–H groups in total. The summed E-state index contributed by atoms with van der Waals surface area (Å²) in [7, 11) is 0. The maximum absolute atomic E-state index is 13.3. The zero-order valence-electron chi connectivity index (χ0n) is 11.6. The highest BCUT2D eigenvalue weighted by Gasteiger charge is 2.41. The normalized spacial score (nSPS) is 27.4. The number of benzene rings is 1. The Kier molecular flexibility index (Phi) is 3.54. The molecule has 1 aromatic rings. The van der Waals surface area contributed by atoms with E-state index in [1.54, 1.807) is 6.07 Å². The molecule has 0 amide bonds. The van der Waals surface area contributed by atoms with Crippen LogP contribution in [0.3, 0.4) is 0 Å². The predicted molar refractivity (Wildman–Crippen MR) is 75.4 cm³/mol. The number of carboxylic acids is 1. The van der Waals surface area contributed by atoms with Crippen LogP contribution in [-0.2, 0) is 4.79 Å². The van der Waals surface area contributed by atoms with Gasteiger partial charge in [0.05, 0.1) is 11.3 Å². The van der Waals surface area contributed by atoms with E-state index in [1.165, 1.54) is 12.1 Å². The number of anilines is 1. The third kappa shape index (κ3) is 2.58. The van der Waals surface area contributed by atoms with Crippen LogP contribution in [0.5, 0.6) is 0 Å². The molecule has 5 heteroatoms. The second kappa shape index (κ2) is 5.36. The van der Waals surface area contributed by atoms with Crippen molar-refractivity contribution in [2.75, 3.05) is 4.90 Å². The van der Waals surface area contributed by atoms with Gasteiger partial charge in [-0.2, -0.15) is 5.26 Å². The van der Waals surface area contributed by atoms with Crippen LogP contribution < -0.4 is 4.90 Å². The van der Waals surface area contributed by atoms with E-state index in [4.69, 9.17) is 5.11 Å². The number of carboxylic acid groups (broad SMARTS) is 1. The number of nitriles is 1. The Morgan fingerprint density at radius 3 is 2.62 bits per heavy atom. The summed E-state index contributed by atoms with van der Waals surface area (Å²) in [5, 5.41) is 18.2. The fraction of sp³-hybridized carbons (Fsp3) is 0.500. The predicted octanol–water partition coefficient (Wildman–Crippen LogP) is 2.92. The zero-order chi connectivity index (χ0) is 15.0. The van der Waals surface area contributed by atoms with Crippen molar-refractivity contribution >= 4 is 11.7 Å². The maximum atomic E-state index is 13.3. The van der Waals surface area contributed by atoms with Crippen LogP contribution in [0.2, 0.25) is 0 Å². The SMILES string of the molecule is N#Cc1cc(F)ccc1N1C2CCC1CC(CC(=O)O)C2. The van der Waals surface area contributed by atoms with Crippen molar-refractivity contribution in [3.05, 3.63) is 29.6 Å². The smallest absolute Gasteiger partial charge is 0.303 e. The molecule has 2 unspecified atom stereocenters. The largest absolute Gasteiger partial charge is 0.481 e. The Bertz CT molecular complexity index is 597. The number of hydrogen-bond acceptors (Lipinski definition) is 3. The molecule has 0 aromatic heterocycles. The lowest BCUT2D eigenvalue weighted by atomic mass is 9.87. The van der Waals surface area contributed by atoms with Crippen molar-refractivity contribution in [1.29, 1.82) is 5.26 Å². The summed E-state index contributed by atoms with van der Waals surface area (Å²) in [5.41, 5.74) is 1.16. The number of rotatable bonds is 3. The van der Waals surface area contributed by atoms with Gasteiger partial charge in [0.25, 0.3) is 0 Å². The molecule has 1 aromatic carbocycles. The fourth-order valence-corrected chi connectivity index (χ4v) is 3.92. The minimum atomic E-state index is -0.743. The lowest BCUT2D eigenvalue weighted by Crippen LogP contribution is -2.43. The molecule has 2 bridgehead atoms. The molecule has 0 spiro atoms. The highest BCUT2D eigenvalue weighted by Crippen LogP contribution is 2.43. The first-order valence-corrected chi connectivity index (χ1v) is 7.28. The number of fused-ring (bicyclic) bond motifs is 2. The third-order valence-corrected chi connectivity index (χ3v) is 4.65. The Hall–Kier alpha value is -2.09. The minimum Gasteiger partial charge on any atom is -0.481 e. The molecule has 110 valence electrons. The van der Waals surface area contributed by atoms with E-state index < -0.39 is 11.8 Å². The van der Waals surface area contributed by atoms with Gasteiger partial charge in [-0.25, -0.2) is 4.39 Å². The van der Waals surface area contributed by atoms with Crippen LogP contribution in [0.15, 0.2) is 18.2 Å². The zero-order valence-corrected chi connectivity index (χ0v) is 11.6. The van der Waals surface area contributed by atoms with Gasteiger partial charge in [-0.15, -0.1) is 0 Å². The molecule has 2 atom stereocenters. The van der Waals surface area contributed by atoms with E-state index >= 15 is 0 Å². The van der Waals surface area contributed by atoms with Gasteiger partial charge < -0.3 is 10.0 Å². The lowest BCUT2D eigenvalue weighted by Gasteiger charge is -2.40. The molecule has 0 saturated carbocycles. The molecule has 2 saturated heterocycles. The maximum Gasteiger partial charge on any atom is 0.303 e. The average molecular weight is 288 g/mol. The van der Waals surface area contributed by atoms with Crippen molar-refractivity contribution in [1.82, 2.24) is 0 Å². The van der Waals surface area contributed by atoms with Gasteiger partial charge >= 0.3 is 5.97 Å². The first-order chi connectivity index (χ1) is 10.1. The summed E-state index contributed by atoms with van der Waals surface area (Å²) in [6.45, 7) is 0. The summed E-state index contributed by atoms with van der Waals surface area (Å²) in [6, 6.07) is 6.95. The van der Waals surface area contributed by atoms with Crippen molar-refractivity contribution in [3.63, 3.8) is 0 Å². The topological polar surface area (TPSA) is 64.3 Å². The Morgan fingerprint density at radius 2 is 2.05 bits per heavy atom. The van der Waals surface area contributed by atoms with Gasteiger partial charge in [0.1, 0.15) is 11.9 Å². The van der Waals surface area contributed by atoms with Crippen LogP contribution in [0.4, 0.5) is 10.1 Å². The first-order valence-electron chi connectivity index (χ1n) is 7.28. The van der Waals surface area contributed by atoms with Gasteiger partial charge in [0, 0.05) is 18.5 Å². The quantitative estimate of drug-likeness (QED) is 0.928. The molecule has 0 radical (unpaired) electrons. The molecule has 2 fully saturated rings. The highest BCUT2D eigenvalue weighted by molar-refractivity contribution is 5.67. The summed E-state index contributed by atoms with van der Waals surface area (Å²) < 4.78 is 13.3. The number of halogens is 1. The molecular weight excluding hydrogens is 271 g/mol. The Balaban J connectivity index is 1.86. The molecule has 21 heavy (non-hydrogen) atoms. The van der Waals surface area contributed by atoms with Crippen LogP contribution in [0, 0.1) is 23.1 Å². The summed E-state index contributed by atoms with van der Waals surface area (Å²) in [4.78, 5) is 13.1. The number of aliphatic carboxylic acids is 1. The summed E-state index contributed by atoms with van der Waals surface area (Å²) in [6.07, 6.45) is 3.93. The van der Waals surface area contributed by atoms with E-state index in [1.807, 2.05) is 0 Å². The summed E-state index contributed by atoms with van der Waals surface area (Å²) in [5.74, 6) is -0.932. The van der Waals surface area contributed by atoms with E-state index in [0.29, 0.717) is 5.56 Å². The third-order valence-electron chi connectivity index (χ3n) is 4.65. The molecular formula is C16H17FN2O2. The number of hydrogen-bond donors (Lipinski definition) is 1. The van der Waals surface area contributed by atoms with E-state index in [0.717, 1.165) is 31.4 Å². The molecule has 3 rings (SSSR count). The van der Waals surface area contributed by atoms with Crippen molar-refractivity contribution in [3.8, 4) is 6.07 Å². The monoisotopic (exact) mass is 288 g/mol.